The van der Waals surface area contributed by atoms with Crippen LogP contribution in [0.25, 0.3) is 5.52 Å². The highest BCUT2D eigenvalue weighted by Crippen LogP contribution is 2.34. The molecule has 3 rings (SSSR count). The van der Waals surface area contributed by atoms with Gasteiger partial charge in [-0.05, 0) is 12.1 Å². The van der Waals surface area contributed by atoms with Crippen LogP contribution in [0.15, 0.2) is 30.7 Å². The quantitative estimate of drug-likeness (QED) is 0.766. The molecular weight excluding hydrogens is 323 g/mol. The number of nitrogens with one attached hydrogen (secondary N) is 2. The molecule has 3 aromatic heterocycles. The van der Waals surface area contributed by atoms with Crippen molar-refractivity contribution in [1.29, 1.82) is 5.26 Å². The summed E-state index contributed by atoms with van der Waals surface area (Å²) in [6.07, 6.45) is -0.834. The Balaban J connectivity index is 1.96. The molecule has 7 nitrogen and oxygen atoms in total. The third kappa shape index (κ3) is 2.79. The number of aromatic nitrogens is 4. The molecule has 0 unspecified atom stereocenters. The van der Waals surface area contributed by atoms with E-state index in [0.717, 1.165) is 0 Å². The van der Waals surface area contributed by atoms with Gasteiger partial charge in [0.1, 0.15) is 17.5 Å². The number of pyridine rings is 1. The van der Waals surface area contributed by atoms with Gasteiger partial charge < -0.3 is 10.6 Å². The maximum absolute atomic E-state index is 12.8. The first kappa shape index (κ1) is 15.5. The molecule has 0 atom stereocenters. The van der Waals surface area contributed by atoms with E-state index in [1.54, 1.807) is 12.1 Å². The van der Waals surface area contributed by atoms with Crippen LogP contribution in [0, 0.1) is 11.3 Å². The molecule has 0 aromatic carbocycles. The van der Waals surface area contributed by atoms with E-state index in [1.165, 1.54) is 24.0 Å². The Morgan fingerprint density at radius 1 is 1.25 bits per heavy atom. The maximum Gasteiger partial charge on any atom is 0.421 e. The van der Waals surface area contributed by atoms with Gasteiger partial charge in [-0.1, -0.05) is 0 Å². The minimum atomic E-state index is -4.55. The van der Waals surface area contributed by atoms with E-state index >= 15 is 0 Å². The molecule has 0 bridgehead atoms. The summed E-state index contributed by atoms with van der Waals surface area (Å²) in [7, 11) is 1.35. The van der Waals surface area contributed by atoms with Gasteiger partial charge in [-0.15, -0.1) is 0 Å². The number of nitriles is 1. The lowest BCUT2D eigenvalue weighted by molar-refractivity contribution is -0.137. The van der Waals surface area contributed by atoms with Crippen molar-refractivity contribution in [3.63, 3.8) is 0 Å². The Labute approximate surface area is 133 Å². The van der Waals surface area contributed by atoms with E-state index in [1.807, 2.05) is 6.07 Å². The van der Waals surface area contributed by atoms with E-state index in [4.69, 9.17) is 5.26 Å². The number of hydrogen-bond acceptors (Lipinski definition) is 6. The van der Waals surface area contributed by atoms with Crippen LogP contribution in [0.3, 0.4) is 0 Å². The van der Waals surface area contributed by atoms with Crippen molar-refractivity contribution in [2.24, 2.45) is 0 Å². The molecular formula is C14H10F3N7. The third-order valence-corrected chi connectivity index (χ3v) is 3.22. The summed E-state index contributed by atoms with van der Waals surface area (Å²) in [5, 5.41) is 18.2. The molecule has 0 aliphatic rings. The number of nitrogens with zero attached hydrogens (tertiary/aromatic N) is 5. The first-order valence-corrected chi connectivity index (χ1v) is 6.69. The molecule has 0 saturated heterocycles. The molecule has 2 N–H and O–H groups in total. The highest BCUT2D eigenvalue weighted by molar-refractivity contribution is 5.75. The lowest BCUT2D eigenvalue weighted by Gasteiger charge is -2.12. The number of alkyl halides is 3. The highest BCUT2D eigenvalue weighted by Gasteiger charge is 2.35. The highest BCUT2D eigenvalue weighted by atomic mass is 19.4. The van der Waals surface area contributed by atoms with Crippen LogP contribution in [-0.2, 0) is 6.18 Å². The molecule has 0 spiro atoms. The van der Waals surface area contributed by atoms with Crippen molar-refractivity contribution in [3.8, 4) is 6.07 Å². The van der Waals surface area contributed by atoms with Gasteiger partial charge in [-0.2, -0.15) is 28.5 Å². The summed E-state index contributed by atoms with van der Waals surface area (Å²) >= 11 is 0. The normalized spacial score (nSPS) is 11.3. The molecule has 0 aliphatic heterocycles. The zero-order valence-corrected chi connectivity index (χ0v) is 12.3. The van der Waals surface area contributed by atoms with Gasteiger partial charge in [-0.3, -0.25) is 0 Å². The molecule has 3 aromatic rings. The number of hydrogen-bond donors (Lipinski definition) is 2. The number of fused-ring (bicyclic) bond motifs is 1. The largest absolute Gasteiger partial charge is 0.421 e. The lowest BCUT2D eigenvalue weighted by atomic mass is 10.3. The second kappa shape index (κ2) is 5.69. The van der Waals surface area contributed by atoms with Gasteiger partial charge in [0.15, 0.2) is 0 Å². The van der Waals surface area contributed by atoms with Crippen LogP contribution in [0.2, 0.25) is 0 Å². The fourth-order valence-electron chi connectivity index (χ4n) is 2.11. The minimum Gasteiger partial charge on any atom is -0.372 e. The smallest absolute Gasteiger partial charge is 0.372 e. The van der Waals surface area contributed by atoms with Gasteiger partial charge >= 0.3 is 6.18 Å². The fourth-order valence-corrected chi connectivity index (χ4v) is 2.11. The Morgan fingerprint density at radius 3 is 2.71 bits per heavy atom. The van der Waals surface area contributed by atoms with Gasteiger partial charge in [-0.25, -0.2) is 9.50 Å². The average Bonchev–Trinajstić information content (AvgIpc) is 2.95. The van der Waals surface area contributed by atoms with E-state index < -0.39 is 11.7 Å². The minimum absolute atomic E-state index is 0.00777. The second-order valence-corrected chi connectivity index (χ2v) is 4.75. The molecule has 0 radical (unpaired) electrons. The predicted octanol–water partition coefficient (Wildman–Crippen LogP) is 2.80. The Morgan fingerprint density at radius 2 is 2.04 bits per heavy atom. The SMILES string of the molecule is CNc1nc(Nc2cnn3cc(C#N)ccc23)ncc1C(F)(F)F. The van der Waals surface area contributed by atoms with Crippen LogP contribution in [0.1, 0.15) is 11.1 Å². The topological polar surface area (TPSA) is 90.9 Å². The molecule has 122 valence electrons. The first-order chi connectivity index (χ1) is 11.4. The molecule has 0 fully saturated rings. The number of halogens is 3. The monoisotopic (exact) mass is 333 g/mol. The van der Waals surface area contributed by atoms with Gasteiger partial charge in [0.05, 0.1) is 23.0 Å². The molecule has 24 heavy (non-hydrogen) atoms. The van der Waals surface area contributed by atoms with Crippen LogP contribution < -0.4 is 10.6 Å². The maximum atomic E-state index is 12.8. The van der Waals surface area contributed by atoms with Gasteiger partial charge in [0, 0.05) is 19.4 Å². The van der Waals surface area contributed by atoms with Crippen LogP contribution in [0.4, 0.5) is 30.6 Å². The fraction of sp³-hybridized carbons (Fsp3) is 0.143. The van der Waals surface area contributed by atoms with Gasteiger partial charge in [0.25, 0.3) is 0 Å². The van der Waals surface area contributed by atoms with Crippen LogP contribution >= 0.6 is 0 Å². The lowest BCUT2D eigenvalue weighted by Crippen LogP contribution is -2.12. The Kier molecular flexibility index (Phi) is 3.69. The van der Waals surface area contributed by atoms with E-state index in [2.05, 4.69) is 25.7 Å². The molecule has 10 heteroatoms. The summed E-state index contributed by atoms with van der Waals surface area (Å²) in [4.78, 5) is 7.53. The first-order valence-electron chi connectivity index (χ1n) is 6.69. The summed E-state index contributed by atoms with van der Waals surface area (Å²) in [6.45, 7) is 0. The summed E-state index contributed by atoms with van der Waals surface area (Å²) in [5.74, 6) is -0.338. The van der Waals surface area contributed by atoms with E-state index in [9.17, 15) is 13.2 Å². The number of rotatable bonds is 3. The third-order valence-electron chi connectivity index (χ3n) is 3.22. The van der Waals surface area contributed by atoms with E-state index in [0.29, 0.717) is 23.0 Å². The molecule has 3 heterocycles. The van der Waals surface area contributed by atoms with Crippen molar-refractivity contribution >= 4 is 23.0 Å². The van der Waals surface area contributed by atoms with E-state index in [-0.39, 0.29) is 11.8 Å². The molecule has 0 aliphatic carbocycles. The van der Waals surface area contributed by atoms with Gasteiger partial charge in [0.2, 0.25) is 5.95 Å². The van der Waals surface area contributed by atoms with Crippen molar-refractivity contribution in [1.82, 2.24) is 19.6 Å². The van der Waals surface area contributed by atoms with Crippen molar-refractivity contribution < 1.29 is 13.2 Å². The van der Waals surface area contributed by atoms with Crippen LogP contribution in [-0.4, -0.2) is 26.6 Å². The molecule has 0 saturated carbocycles. The Bertz CT molecular complexity index is 940. The number of anilines is 3. The Hall–Kier alpha value is -3.35. The summed E-state index contributed by atoms with van der Waals surface area (Å²) in [5.41, 5.74) is 0.610. The zero-order chi connectivity index (χ0) is 17.3. The molecule has 0 amide bonds. The average molecular weight is 333 g/mol. The zero-order valence-electron chi connectivity index (χ0n) is 12.3. The van der Waals surface area contributed by atoms with Crippen molar-refractivity contribution in [3.05, 3.63) is 41.9 Å². The predicted molar refractivity (Wildman–Crippen MR) is 79.8 cm³/mol. The summed E-state index contributed by atoms with van der Waals surface area (Å²) < 4.78 is 40.0. The van der Waals surface area contributed by atoms with Crippen molar-refractivity contribution in [2.75, 3.05) is 17.7 Å². The standard InChI is InChI=1S/C14H10F3N7/c1-19-12-9(14(15,16)17)5-20-13(23-12)22-10-6-21-24-7-8(4-18)2-3-11(10)24/h2-3,5-7H,1H3,(H2,19,20,22,23). The second-order valence-electron chi connectivity index (χ2n) is 4.75. The summed E-state index contributed by atoms with van der Waals surface area (Å²) in [6, 6.07) is 5.26. The van der Waals surface area contributed by atoms with Crippen LogP contribution in [0.5, 0.6) is 0 Å². The van der Waals surface area contributed by atoms with Crippen molar-refractivity contribution in [2.45, 2.75) is 6.18 Å².